The second kappa shape index (κ2) is 5.43. The van der Waals surface area contributed by atoms with E-state index >= 15 is 0 Å². The highest BCUT2D eigenvalue weighted by atomic mass is 15.1. The number of rotatable bonds is 4. The lowest BCUT2D eigenvalue weighted by Gasteiger charge is -2.19. The number of imidazole rings is 1. The van der Waals surface area contributed by atoms with E-state index in [0.29, 0.717) is 0 Å². The van der Waals surface area contributed by atoms with Crippen LogP contribution < -0.4 is 5.32 Å². The quantitative estimate of drug-likeness (QED) is 0.789. The second-order valence-electron chi connectivity index (χ2n) is 4.71. The number of hydrogen-bond acceptors (Lipinski definition) is 3. The van der Waals surface area contributed by atoms with E-state index in [0.717, 1.165) is 17.9 Å². The van der Waals surface area contributed by atoms with E-state index in [1.807, 2.05) is 43.8 Å². The fourth-order valence-corrected chi connectivity index (χ4v) is 2.64. The van der Waals surface area contributed by atoms with Crippen LogP contribution in [0.1, 0.15) is 24.4 Å². The summed E-state index contributed by atoms with van der Waals surface area (Å²) < 4.78 is 2.16. The molecule has 4 nitrogen and oxygen atoms in total. The minimum atomic E-state index is 0.0675. The third-order valence-corrected chi connectivity index (χ3v) is 3.63. The molecule has 0 saturated carbocycles. The molecule has 3 aromatic rings. The minimum absolute atomic E-state index is 0.0675. The highest BCUT2D eigenvalue weighted by Gasteiger charge is 2.19. The van der Waals surface area contributed by atoms with Crippen molar-refractivity contribution >= 4 is 10.9 Å². The van der Waals surface area contributed by atoms with Crippen molar-refractivity contribution in [2.75, 3.05) is 7.05 Å². The standard InChI is InChI=1S/C16H18N4/c1-3-20-11-10-19-16(20)15(17-2)13-8-9-18-14-7-5-4-6-12(13)14/h4-11,15,17H,3H2,1-2H3. The zero-order valence-corrected chi connectivity index (χ0v) is 11.7. The average molecular weight is 266 g/mol. The summed E-state index contributed by atoms with van der Waals surface area (Å²) in [5.74, 6) is 1.03. The summed E-state index contributed by atoms with van der Waals surface area (Å²) in [5.41, 5.74) is 2.22. The predicted molar refractivity (Wildman–Crippen MR) is 80.5 cm³/mol. The molecule has 1 unspecified atom stereocenters. The number of aromatic nitrogens is 3. The number of aryl methyl sites for hydroxylation is 1. The van der Waals surface area contributed by atoms with Crippen molar-refractivity contribution in [1.82, 2.24) is 19.9 Å². The molecule has 0 fully saturated rings. The number of nitrogens with zero attached hydrogens (tertiary/aromatic N) is 3. The van der Waals surface area contributed by atoms with Gasteiger partial charge in [-0.3, -0.25) is 4.98 Å². The molecule has 0 saturated heterocycles. The first-order valence-corrected chi connectivity index (χ1v) is 6.87. The van der Waals surface area contributed by atoms with Crippen molar-refractivity contribution in [3.05, 3.63) is 60.3 Å². The van der Waals surface area contributed by atoms with E-state index in [9.17, 15) is 0 Å². The van der Waals surface area contributed by atoms with E-state index < -0.39 is 0 Å². The molecule has 2 aromatic heterocycles. The van der Waals surface area contributed by atoms with Crippen molar-refractivity contribution in [2.45, 2.75) is 19.5 Å². The van der Waals surface area contributed by atoms with E-state index in [1.54, 1.807) is 0 Å². The Kier molecular flexibility index (Phi) is 3.48. The Morgan fingerprint density at radius 2 is 2.00 bits per heavy atom. The van der Waals surface area contributed by atoms with Gasteiger partial charge >= 0.3 is 0 Å². The molecule has 0 spiro atoms. The van der Waals surface area contributed by atoms with Crippen LogP contribution in [0.3, 0.4) is 0 Å². The number of hydrogen-bond donors (Lipinski definition) is 1. The molecule has 20 heavy (non-hydrogen) atoms. The van der Waals surface area contributed by atoms with Crippen molar-refractivity contribution < 1.29 is 0 Å². The van der Waals surface area contributed by atoms with Crippen LogP contribution in [-0.4, -0.2) is 21.6 Å². The Morgan fingerprint density at radius 3 is 2.80 bits per heavy atom. The summed E-state index contributed by atoms with van der Waals surface area (Å²) in [7, 11) is 1.97. The lowest BCUT2D eigenvalue weighted by Crippen LogP contribution is -2.22. The molecule has 102 valence electrons. The predicted octanol–water partition coefficient (Wildman–Crippen LogP) is 2.76. The molecule has 0 radical (unpaired) electrons. The number of nitrogens with one attached hydrogen (secondary N) is 1. The molecule has 2 heterocycles. The van der Waals surface area contributed by atoms with Crippen LogP contribution >= 0.6 is 0 Å². The van der Waals surface area contributed by atoms with Gasteiger partial charge in [-0.1, -0.05) is 18.2 Å². The molecule has 0 aliphatic carbocycles. The third-order valence-electron chi connectivity index (χ3n) is 3.63. The Labute approximate surface area is 118 Å². The lowest BCUT2D eigenvalue weighted by molar-refractivity contribution is 0.593. The van der Waals surface area contributed by atoms with Crippen LogP contribution in [0.5, 0.6) is 0 Å². The van der Waals surface area contributed by atoms with E-state index in [1.165, 1.54) is 10.9 Å². The van der Waals surface area contributed by atoms with E-state index in [-0.39, 0.29) is 6.04 Å². The normalized spacial score (nSPS) is 12.7. The van der Waals surface area contributed by atoms with Crippen molar-refractivity contribution in [2.24, 2.45) is 0 Å². The van der Waals surface area contributed by atoms with E-state index in [4.69, 9.17) is 0 Å². The van der Waals surface area contributed by atoms with Crippen LogP contribution in [0.25, 0.3) is 10.9 Å². The van der Waals surface area contributed by atoms with E-state index in [2.05, 4.69) is 38.9 Å². The number of benzene rings is 1. The van der Waals surface area contributed by atoms with Gasteiger partial charge in [0.15, 0.2) is 0 Å². The van der Waals surface area contributed by atoms with Gasteiger partial charge < -0.3 is 9.88 Å². The smallest absolute Gasteiger partial charge is 0.130 e. The maximum atomic E-state index is 4.52. The van der Waals surface area contributed by atoms with Crippen LogP contribution in [0, 0.1) is 0 Å². The van der Waals surface area contributed by atoms with Crippen LogP contribution in [-0.2, 0) is 6.54 Å². The summed E-state index contributed by atoms with van der Waals surface area (Å²) in [6.07, 6.45) is 5.73. The maximum absolute atomic E-state index is 4.52. The topological polar surface area (TPSA) is 42.7 Å². The van der Waals surface area contributed by atoms with Crippen LogP contribution in [0.15, 0.2) is 48.9 Å². The molecular weight excluding hydrogens is 248 g/mol. The second-order valence-corrected chi connectivity index (χ2v) is 4.71. The molecule has 1 aromatic carbocycles. The monoisotopic (exact) mass is 266 g/mol. The molecule has 0 aliphatic heterocycles. The zero-order chi connectivity index (χ0) is 13.9. The maximum Gasteiger partial charge on any atom is 0.130 e. The molecule has 1 atom stereocenters. The van der Waals surface area contributed by atoms with Gasteiger partial charge in [0.05, 0.1) is 11.6 Å². The number of pyridine rings is 1. The molecule has 4 heteroatoms. The fourth-order valence-electron chi connectivity index (χ4n) is 2.64. The van der Waals surface area contributed by atoms with Gasteiger partial charge in [-0.15, -0.1) is 0 Å². The van der Waals surface area contributed by atoms with Gasteiger partial charge in [0.1, 0.15) is 5.82 Å². The Hall–Kier alpha value is -2.20. The summed E-state index contributed by atoms with van der Waals surface area (Å²) in [4.78, 5) is 8.95. The van der Waals surface area contributed by atoms with Crippen molar-refractivity contribution in [3.8, 4) is 0 Å². The summed E-state index contributed by atoms with van der Waals surface area (Å²) in [6, 6.07) is 10.3. The first-order chi connectivity index (χ1) is 9.85. The zero-order valence-electron chi connectivity index (χ0n) is 11.7. The Balaban J connectivity index is 2.17. The summed E-state index contributed by atoms with van der Waals surface area (Å²) in [6.45, 7) is 3.04. The van der Waals surface area contributed by atoms with Gasteiger partial charge in [-0.05, 0) is 31.7 Å². The molecule has 1 N–H and O–H groups in total. The summed E-state index contributed by atoms with van der Waals surface area (Å²) in [5, 5.41) is 4.54. The number of para-hydroxylation sites is 1. The Morgan fingerprint density at radius 1 is 1.15 bits per heavy atom. The van der Waals surface area contributed by atoms with Crippen molar-refractivity contribution in [1.29, 1.82) is 0 Å². The van der Waals surface area contributed by atoms with Crippen LogP contribution in [0.2, 0.25) is 0 Å². The first kappa shape index (κ1) is 12.8. The lowest BCUT2D eigenvalue weighted by atomic mass is 10.0. The molecule has 0 bridgehead atoms. The van der Waals surface area contributed by atoms with Gasteiger partial charge in [-0.25, -0.2) is 4.98 Å². The van der Waals surface area contributed by atoms with Gasteiger partial charge in [0.2, 0.25) is 0 Å². The fraction of sp³-hybridized carbons (Fsp3) is 0.250. The molecular formula is C16H18N4. The highest BCUT2D eigenvalue weighted by Crippen LogP contribution is 2.26. The molecule has 0 amide bonds. The largest absolute Gasteiger partial charge is 0.334 e. The third kappa shape index (κ3) is 2.08. The van der Waals surface area contributed by atoms with Gasteiger partial charge in [0, 0.05) is 30.5 Å². The van der Waals surface area contributed by atoms with Gasteiger partial charge in [-0.2, -0.15) is 0 Å². The number of fused-ring (bicyclic) bond motifs is 1. The highest BCUT2D eigenvalue weighted by molar-refractivity contribution is 5.82. The van der Waals surface area contributed by atoms with Crippen LogP contribution in [0.4, 0.5) is 0 Å². The summed E-state index contributed by atoms with van der Waals surface area (Å²) >= 11 is 0. The Bertz CT molecular complexity index is 712. The molecule has 3 rings (SSSR count). The van der Waals surface area contributed by atoms with Gasteiger partial charge in [0.25, 0.3) is 0 Å². The average Bonchev–Trinajstić information content (AvgIpc) is 2.97. The first-order valence-electron chi connectivity index (χ1n) is 6.87. The minimum Gasteiger partial charge on any atom is -0.334 e. The SMILES string of the molecule is CCn1ccnc1C(NC)c1ccnc2ccccc12. The molecule has 0 aliphatic rings. The van der Waals surface area contributed by atoms with Crippen molar-refractivity contribution in [3.63, 3.8) is 0 Å².